The van der Waals surface area contributed by atoms with Crippen LogP contribution in [-0.4, -0.2) is 5.91 Å². The summed E-state index contributed by atoms with van der Waals surface area (Å²) in [6.45, 7) is 4.40. The Labute approximate surface area is 117 Å². The van der Waals surface area contributed by atoms with E-state index in [9.17, 15) is 9.18 Å². The number of hydrogen-bond donors (Lipinski definition) is 2. The van der Waals surface area contributed by atoms with Crippen LogP contribution < -0.4 is 11.1 Å². The molecule has 104 valence electrons. The van der Waals surface area contributed by atoms with Crippen LogP contribution in [0.3, 0.4) is 0 Å². The van der Waals surface area contributed by atoms with Crippen molar-refractivity contribution in [3.8, 4) is 0 Å². The molecular weight excluding hydrogens is 255 g/mol. The van der Waals surface area contributed by atoms with E-state index in [1.54, 1.807) is 18.2 Å². The molecule has 0 aliphatic carbocycles. The quantitative estimate of drug-likeness (QED) is 0.898. The second-order valence-corrected chi connectivity index (χ2v) is 4.82. The molecule has 4 heteroatoms. The Morgan fingerprint density at radius 2 is 1.90 bits per heavy atom. The van der Waals surface area contributed by atoms with Crippen LogP contribution in [0, 0.1) is 19.7 Å². The fourth-order valence-electron chi connectivity index (χ4n) is 2.02. The second-order valence-electron chi connectivity index (χ2n) is 4.82. The van der Waals surface area contributed by atoms with Crippen molar-refractivity contribution in [1.82, 2.24) is 0 Å². The molecule has 1 amide bonds. The Hall–Kier alpha value is -2.36. The van der Waals surface area contributed by atoms with E-state index in [1.165, 1.54) is 12.1 Å². The van der Waals surface area contributed by atoms with Gasteiger partial charge in [0, 0.05) is 17.8 Å². The smallest absolute Gasteiger partial charge is 0.248 e. The molecule has 0 radical (unpaired) electrons. The Kier molecular flexibility index (Phi) is 4.03. The molecule has 3 N–H and O–H groups in total. The van der Waals surface area contributed by atoms with Gasteiger partial charge < -0.3 is 11.1 Å². The summed E-state index contributed by atoms with van der Waals surface area (Å²) < 4.78 is 13.2. The van der Waals surface area contributed by atoms with Crippen LogP contribution in [0.5, 0.6) is 0 Å². The SMILES string of the molecule is Cc1cc(C(N)=O)ccc1CNc1cc(F)ccc1C. The number of primary amides is 1. The molecule has 0 heterocycles. The zero-order chi connectivity index (χ0) is 14.7. The molecule has 2 rings (SSSR count). The summed E-state index contributed by atoms with van der Waals surface area (Å²) in [7, 11) is 0. The first kappa shape index (κ1) is 14.1. The molecular formula is C16H17FN2O. The van der Waals surface area contributed by atoms with Crippen molar-refractivity contribution in [3.05, 3.63) is 64.5 Å². The summed E-state index contributed by atoms with van der Waals surface area (Å²) in [5.74, 6) is -0.701. The predicted molar refractivity (Wildman–Crippen MR) is 78.2 cm³/mol. The molecule has 2 aromatic rings. The van der Waals surface area contributed by atoms with Gasteiger partial charge in [-0.05, 0) is 54.8 Å². The topological polar surface area (TPSA) is 55.1 Å². The Morgan fingerprint density at radius 3 is 2.55 bits per heavy atom. The summed E-state index contributed by atoms with van der Waals surface area (Å²) in [4.78, 5) is 11.1. The number of hydrogen-bond acceptors (Lipinski definition) is 2. The van der Waals surface area contributed by atoms with E-state index in [-0.39, 0.29) is 5.82 Å². The molecule has 0 saturated heterocycles. The minimum atomic E-state index is -0.436. The predicted octanol–water partition coefficient (Wildman–Crippen LogP) is 3.15. The number of nitrogens with one attached hydrogen (secondary N) is 1. The molecule has 0 spiro atoms. The lowest BCUT2D eigenvalue weighted by Crippen LogP contribution is -2.12. The largest absolute Gasteiger partial charge is 0.381 e. The average molecular weight is 272 g/mol. The number of benzene rings is 2. The molecule has 0 unspecified atom stereocenters. The van der Waals surface area contributed by atoms with Gasteiger partial charge in [-0.1, -0.05) is 12.1 Å². The molecule has 2 aromatic carbocycles. The number of nitrogens with two attached hydrogens (primary N) is 1. The highest BCUT2D eigenvalue weighted by atomic mass is 19.1. The van der Waals surface area contributed by atoms with Gasteiger partial charge in [-0.15, -0.1) is 0 Å². The van der Waals surface area contributed by atoms with Crippen molar-refractivity contribution in [1.29, 1.82) is 0 Å². The fraction of sp³-hybridized carbons (Fsp3) is 0.188. The Morgan fingerprint density at radius 1 is 1.15 bits per heavy atom. The zero-order valence-electron chi connectivity index (χ0n) is 11.5. The molecule has 0 aliphatic heterocycles. The van der Waals surface area contributed by atoms with Crippen molar-refractivity contribution in [3.63, 3.8) is 0 Å². The van der Waals surface area contributed by atoms with Crippen molar-refractivity contribution >= 4 is 11.6 Å². The van der Waals surface area contributed by atoms with Crippen molar-refractivity contribution in [2.45, 2.75) is 20.4 Å². The summed E-state index contributed by atoms with van der Waals surface area (Å²) in [6, 6.07) is 9.97. The fourth-order valence-corrected chi connectivity index (χ4v) is 2.02. The first-order valence-electron chi connectivity index (χ1n) is 6.36. The number of halogens is 1. The number of amides is 1. The zero-order valence-corrected chi connectivity index (χ0v) is 11.5. The molecule has 0 fully saturated rings. The molecule has 3 nitrogen and oxygen atoms in total. The summed E-state index contributed by atoms with van der Waals surface area (Å²) in [5, 5.41) is 3.20. The summed E-state index contributed by atoms with van der Waals surface area (Å²) in [6.07, 6.45) is 0. The number of carbonyl (C=O) groups is 1. The Bertz CT molecular complexity index is 653. The maximum atomic E-state index is 13.2. The van der Waals surface area contributed by atoms with Gasteiger partial charge in [0.15, 0.2) is 0 Å². The number of aryl methyl sites for hydroxylation is 2. The van der Waals surface area contributed by atoms with Gasteiger partial charge in [-0.3, -0.25) is 4.79 Å². The molecule has 0 atom stereocenters. The maximum absolute atomic E-state index is 13.2. The average Bonchev–Trinajstić information content (AvgIpc) is 2.40. The molecule has 20 heavy (non-hydrogen) atoms. The maximum Gasteiger partial charge on any atom is 0.248 e. The van der Waals surface area contributed by atoms with Crippen molar-refractivity contribution in [2.75, 3.05) is 5.32 Å². The monoisotopic (exact) mass is 272 g/mol. The highest BCUT2D eigenvalue weighted by molar-refractivity contribution is 5.93. The van der Waals surface area contributed by atoms with Gasteiger partial charge in [0.1, 0.15) is 5.82 Å². The third-order valence-electron chi connectivity index (χ3n) is 3.30. The molecule has 0 aliphatic rings. The van der Waals surface area contributed by atoms with E-state index in [2.05, 4.69) is 5.32 Å². The van der Waals surface area contributed by atoms with Crippen molar-refractivity contribution in [2.24, 2.45) is 5.73 Å². The van der Waals surface area contributed by atoms with Crippen LogP contribution >= 0.6 is 0 Å². The van der Waals surface area contributed by atoms with Crippen LogP contribution in [0.15, 0.2) is 36.4 Å². The van der Waals surface area contributed by atoms with Crippen LogP contribution in [-0.2, 0) is 6.54 Å². The number of rotatable bonds is 4. The minimum Gasteiger partial charge on any atom is -0.381 e. The van der Waals surface area contributed by atoms with Crippen LogP contribution in [0.25, 0.3) is 0 Å². The third kappa shape index (κ3) is 3.15. The van der Waals surface area contributed by atoms with E-state index in [0.29, 0.717) is 12.1 Å². The lowest BCUT2D eigenvalue weighted by molar-refractivity contribution is 0.1000. The van der Waals surface area contributed by atoms with Gasteiger partial charge in [-0.2, -0.15) is 0 Å². The van der Waals surface area contributed by atoms with Gasteiger partial charge >= 0.3 is 0 Å². The van der Waals surface area contributed by atoms with Gasteiger partial charge in [0.05, 0.1) is 0 Å². The molecule has 0 saturated carbocycles. The van der Waals surface area contributed by atoms with Gasteiger partial charge in [-0.25, -0.2) is 4.39 Å². The first-order valence-corrected chi connectivity index (χ1v) is 6.36. The van der Waals surface area contributed by atoms with E-state index >= 15 is 0 Å². The lowest BCUT2D eigenvalue weighted by Gasteiger charge is -2.12. The first-order chi connectivity index (χ1) is 9.47. The van der Waals surface area contributed by atoms with Crippen LogP contribution in [0.4, 0.5) is 10.1 Å². The van der Waals surface area contributed by atoms with E-state index in [1.807, 2.05) is 19.9 Å². The summed E-state index contributed by atoms with van der Waals surface area (Å²) >= 11 is 0. The van der Waals surface area contributed by atoms with Crippen LogP contribution in [0.2, 0.25) is 0 Å². The lowest BCUT2D eigenvalue weighted by atomic mass is 10.0. The molecule has 0 aromatic heterocycles. The Balaban J connectivity index is 2.15. The van der Waals surface area contributed by atoms with Gasteiger partial charge in [0.2, 0.25) is 5.91 Å². The minimum absolute atomic E-state index is 0.265. The summed E-state index contributed by atoms with van der Waals surface area (Å²) in [5.41, 5.74) is 9.50. The van der Waals surface area contributed by atoms with Crippen molar-refractivity contribution < 1.29 is 9.18 Å². The number of anilines is 1. The third-order valence-corrected chi connectivity index (χ3v) is 3.30. The standard InChI is InChI=1S/C16H17FN2O/c1-10-3-6-14(17)8-15(10)19-9-13-5-4-12(16(18)20)7-11(13)2/h3-8,19H,9H2,1-2H3,(H2,18,20). The highest BCUT2D eigenvalue weighted by Gasteiger charge is 2.05. The van der Waals surface area contributed by atoms with E-state index in [4.69, 9.17) is 5.73 Å². The van der Waals surface area contributed by atoms with Gasteiger partial charge in [0.25, 0.3) is 0 Å². The highest BCUT2D eigenvalue weighted by Crippen LogP contribution is 2.18. The number of carbonyl (C=O) groups excluding carboxylic acids is 1. The second kappa shape index (κ2) is 5.74. The van der Waals surface area contributed by atoms with E-state index in [0.717, 1.165) is 22.4 Å². The van der Waals surface area contributed by atoms with E-state index < -0.39 is 5.91 Å². The van der Waals surface area contributed by atoms with Crippen LogP contribution in [0.1, 0.15) is 27.0 Å². The normalized spacial score (nSPS) is 10.3. The molecule has 0 bridgehead atoms.